The molecule has 2 aromatic carbocycles. The smallest absolute Gasteiger partial charge is 0.157 e. The molecule has 136 valence electrons. The van der Waals surface area contributed by atoms with Gasteiger partial charge in [0.1, 0.15) is 28.7 Å². The number of aromatic nitrogens is 3. The van der Waals surface area contributed by atoms with Crippen LogP contribution in [0.1, 0.15) is 13.8 Å². The minimum Gasteiger partial charge on any atom is -0.491 e. The van der Waals surface area contributed by atoms with Crippen molar-refractivity contribution in [2.75, 3.05) is 0 Å². The molecule has 0 atom stereocenters. The van der Waals surface area contributed by atoms with Gasteiger partial charge in [-0.05, 0) is 44.2 Å². The molecule has 0 spiro atoms. The van der Waals surface area contributed by atoms with Crippen LogP contribution >= 0.6 is 0 Å². The second-order valence-electron chi connectivity index (χ2n) is 6.50. The molecule has 2 heterocycles. The summed E-state index contributed by atoms with van der Waals surface area (Å²) in [5.41, 5.74) is 2.87. The first-order chi connectivity index (χ1) is 13.0. The quantitative estimate of drug-likeness (QED) is 0.530. The summed E-state index contributed by atoms with van der Waals surface area (Å²) in [6.45, 7) is 3.93. The van der Waals surface area contributed by atoms with Crippen LogP contribution in [-0.2, 0) is 0 Å². The SMILES string of the molecule is CC(C)Oc1cccc(-c2nc3cc(-c4ccc(F)cc4F)cnc3[nH]2)c1. The Kier molecular flexibility index (Phi) is 4.32. The molecule has 4 rings (SSSR count). The van der Waals surface area contributed by atoms with Gasteiger partial charge in [-0.1, -0.05) is 12.1 Å². The Hall–Kier alpha value is -3.28. The van der Waals surface area contributed by atoms with E-state index in [1.165, 1.54) is 12.1 Å². The maximum absolute atomic E-state index is 14.0. The van der Waals surface area contributed by atoms with Crippen LogP contribution in [-0.4, -0.2) is 21.1 Å². The van der Waals surface area contributed by atoms with E-state index in [0.29, 0.717) is 22.6 Å². The number of ether oxygens (including phenoxy) is 1. The Balaban J connectivity index is 1.73. The monoisotopic (exact) mass is 365 g/mol. The molecule has 0 saturated carbocycles. The van der Waals surface area contributed by atoms with E-state index in [2.05, 4.69) is 15.0 Å². The first kappa shape index (κ1) is 17.1. The van der Waals surface area contributed by atoms with Gasteiger partial charge in [-0.2, -0.15) is 0 Å². The van der Waals surface area contributed by atoms with Gasteiger partial charge in [-0.25, -0.2) is 18.7 Å². The minimum atomic E-state index is -0.634. The fraction of sp³-hybridized carbons (Fsp3) is 0.143. The third-order valence-corrected chi connectivity index (χ3v) is 4.06. The molecule has 0 bridgehead atoms. The van der Waals surface area contributed by atoms with Crippen LogP contribution in [0.3, 0.4) is 0 Å². The molecule has 4 nitrogen and oxygen atoms in total. The number of H-pyrrole nitrogens is 1. The van der Waals surface area contributed by atoms with E-state index in [9.17, 15) is 8.78 Å². The van der Waals surface area contributed by atoms with Crippen molar-refractivity contribution in [1.29, 1.82) is 0 Å². The maximum Gasteiger partial charge on any atom is 0.157 e. The number of halogens is 2. The molecule has 27 heavy (non-hydrogen) atoms. The number of rotatable bonds is 4. The number of aromatic amines is 1. The summed E-state index contributed by atoms with van der Waals surface area (Å²) in [6, 6.07) is 12.8. The Morgan fingerprint density at radius 2 is 1.85 bits per heavy atom. The number of nitrogens with one attached hydrogen (secondary N) is 1. The molecular weight excluding hydrogens is 348 g/mol. The van der Waals surface area contributed by atoms with Crippen molar-refractivity contribution in [1.82, 2.24) is 15.0 Å². The van der Waals surface area contributed by atoms with Gasteiger partial charge in [-0.15, -0.1) is 0 Å². The number of fused-ring (bicyclic) bond motifs is 1. The summed E-state index contributed by atoms with van der Waals surface area (Å²) >= 11 is 0. The van der Waals surface area contributed by atoms with E-state index >= 15 is 0 Å². The number of imidazole rings is 1. The zero-order chi connectivity index (χ0) is 19.0. The molecule has 4 aromatic rings. The molecule has 0 saturated heterocycles. The van der Waals surface area contributed by atoms with Crippen molar-refractivity contribution >= 4 is 11.2 Å². The van der Waals surface area contributed by atoms with Crippen molar-refractivity contribution in [3.05, 3.63) is 66.4 Å². The van der Waals surface area contributed by atoms with E-state index < -0.39 is 11.6 Å². The molecule has 0 fully saturated rings. The highest BCUT2D eigenvalue weighted by Crippen LogP contribution is 2.28. The fourth-order valence-corrected chi connectivity index (χ4v) is 2.89. The molecule has 0 unspecified atom stereocenters. The Bertz CT molecular complexity index is 1120. The minimum absolute atomic E-state index is 0.0748. The van der Waals surface area contributed by atoms with Crippen LogP contribution in [0.15, 0.2) is 54.7 Å². The third-order valence-electron chi connectivity index (χ3n) is 4.06. The first-order valence-electron chi connectivity index (χ1n) is 8.58. The van der Waals surface area contributed by atoms with Crippen LogP contribution in [0.25, 0.3) is 33.7 Å². The molecule has 0 amide bonds. The lowest BCUT2D eigenvalue weighted by Crippen LogP contribution is -2.05. The Morgan fingerprint density at radius 3 is 2.63 bits per heavy atom. The van der Waals surface area contributed by atoms with Crippen molar-refractivity contribution in [2.24, 2.45) is 0 Å². The van der Waals surface area contributed by atoms with Crippen LogP contribution in [0, 0.1) is 11.6 Å². The number of nitrogens with zero attached hydrogens (tertiary/aromatic N) is 2. The second kappa shape index (κ2) is 6.79. The summed E-state index contributed by atoms with van der Waals surface area (Å²) in [4.78, 5) is 12.1. The van der Waals surface area contributed by atoms with Crippen LogP contribution in [0.4, 0.5) is 8.78 Å². The predicted octanol–water partition coefficient (Wildman–Crippen LogP) is 5.36. The van der Waals surface area contributed by atoms with Gasteiger partial charge in [-0.3, -0.25) is 0 Å². The maximum atomic E-state index is 14.0. The average Bonchev–Trinajstić information content (AvgIpc) is 3.04. The van der Waals surface area contributed by atoms with E-state index in [1.54, 1.807) is 12.3 Å². The average molecular weight is 365 g/mol. The fourth-order valence-electron chi connectivity index (χ4n) is 2.89. The van der Waals surface area contributed by atoms with Crippen molar-refractivity contribution in [3.63, 3.8) is 0 Å². The highest BCUT2D eigenvalue weighted by atomic mass is 19.1. The van der Waals surface area contributed by atoms with E-state index in [0.717, 1.165) is 17.4 Å². The van der Waals surface area contributed by atoms with E-state index in [-0.39, 0.29) is 11.7 Å². The topological polar surface area (TPSA) is 50.8 Å². The van der Waals surface area contributed by atoms with Gasteiger partial charge in [0.2, 0.25) is 0 Å². The molecule has 0 aliphatic carbocycles. The van der Waals surface area contributed by atoms with Crippen molar-refractivity contribution in [2.45, 2.75) is 20.0 Å². The van der Waals surface area contributed by atoms with Crippen LogP contribution < -0.4 is 4.74 Å². The van der Waals surface area contributed by atoms with Gasteiger partial charge < -0.3 is 9.72 Å². The highest BCUT2D eigenvalue weighted by Gasteiger charge is 2.12. The summed E-state index contributed by atoms with van der Waals surface area (Å²) in [5.74, 6) is 0.148. The van der Waals surface area contributed by atoms with Gasteiger partial charge in [0.05, 0.1) is 6.10 Å². The van der Waals surface area contributed by atoms with Gasteiger partial charge >= 0.3 is 0 Å². The molecule has 1 N–H and O–H groups in total. The molecular formula is C21H17F2N3O. The first-order valence-corrected chi connectivity index (χ1v) is 8.58. The normalized spacial score (nSPS) is 11.3. The lowest BCUT2D eigenvalue weighted by atomic mass is 10.1. The zero-order valence-corrected chi connectivity index (χ0v) is 14.8. The molecule has 0 radical (unpaired) electrons. The molecule has 0 aliphatic rings. The van der Waals surface area contributed by atoms with Crippen LogP contribution in [0.5, 0.6) is 5.75 Å². The third kappa shape index (κ3) is 3.51. The Labute approximate surface area is 154 Å². The van der Waals surface area contributed by atoms with Gasteiger partial charge in [0.15, 0.2) is 5.65 Å². The lowest BCUT2D eigenvalue weighted by Gasteiger charge is -2.09. The summed E-state index contributed by atoms with van der Waals surface area (Å²) in [7, 11) is 0. The van der Waals surface area contributed by atoms with Crippen molar-refractivity contribution < 1.29 is 13.5 Å². The molecule has 2 aromatic heterocycles. The molecule has 0 aliphatic heterocycles. The van der Waals surface area contributed by atoms with E-state index in [4.69, 9.17) is 4.74 Å². The second-order valence-corrected chi connectivity index (χ2v) is 6.50. The van der Waals surface area contributed by atoms with Crippen LogP contribution in [0.2, 0.25) is 0 Å². The Morgan fingerprint density at radius 1 is 1.00 bits per heavy atom. The van der Waals surface area contributed by atoms with Gasteiger partial charge in [0.25, 0.3) is 0 Å². The van der Waals surface area contributed by atoms with Gasteiger partial charge in [0, 0.05) is 29.0 Å². The number of benzene rings is 2. The summed E-state index contributed by atoms with van der Waals surface area (Å²) < 4.78 is 32.9. The predicted molar refractivity (Wildman–Crippen MR) is 100 cm³/mol. The molecule has 6 heteroatoms. The highest BCUT2D eigenvalue weighted by molar-refractivity contribution is 5.81. The standard InChI is InChI=1S/C21H17F2N3O/c1-12(2)27-16-5-3-4-13(8-16)20-25-19-9-14(11-24-21(19)26-20)17-7-6-15(22)10-18(17)23/h3-12H,1-2H3,(H,24,25,26). The lowest BCUT2D eigenvalue weighted by molar-refractivity contribution is 0.242. The number of hydrogen-bond acceptors (Lipinski definition) is 3. The van der Waals surface area contributed by atoms with E-state index in [1.807, 2.05) is 38.1 Å². The largest absolute Gasteiger partial charge is 0.491 e. The summed E-state index contributed by atoms with van der Waals surface area (Å²) in [6.07, 6.45) is 1.62. The number of hydrogen-bond donors (Lipinski definition) is 1. The zero-order valence-electron chi connectivity index (χ0n) is 14.8. The van der Waals surface area contributed by atoms with Crippen molar-refractivity contribution in [3.8, 4) is 28.3 Å². The number of pyridine rings is 1. The summed E-state index contributed by atoms with van der Waals surface area (Å²) in [5, 5.41) is 0.